The molecular formula is C19H18F2N2O4S. The summed E-state index contributed by atoms with van der Waals surface area (Å²) >= 11 is 1.17. The number of carbonyl (C=O) groups is 3. The molecule has 0 unspecified atom stereocenters. The number of carbonyl (C=O) groups excluding carboxylic acids is 3. The molecule has 1 aromatic heterocycles. The Morgan fingerprint density at radius 2 is 1.82 bits per heavy atom. The summed E-state index contributed by atoms with van der Waals surface area (Å²) in [5.41, 5.74) is 0.123. The zero-order valence-corrected chi connectivity index (χ0v) is 16.0. The van der Waals surface area contributed by atoms with Crippen LogP contribution in [0.4, 0.5) is 18.6 Å². The fourth-order valence-electron chi connectivity index (χ4n) is 3.17. The zero-order chi connectivity index (χ0) is 20.4. The molecule has 148 valence electrons. The highest BCUT2D eigenvalue weighted by molar-refractivity contribution is 7.17. The summed E-state index contributed by atoms with van der Waals surface area (Å²) in [5, 5.41) is 4.66. The van der Waals surface area contributed by atoms with E-state index in [1.807, 2.05) is 0 Å². The van der Waals surface area contributed by atoms with Crippen LogP contribution >= 0.6 is 11.3 Å². The molecule has 2 N–H and O–H groups in total. The van der Waals surface area contributed by atoms with E-state index in [2.05, 4.69) is 22.3 Å². The molecule has 1 aliphatic rings. The average molecular weight is 408 g/mol. The van der Waals surface area contributed by atoms with Crippen LogP contribution in [-0.2, 0) is 17.6 Å². The molecule has 1 heterocycles. The number of anilines is 1. The molecule has 3 amide bonds. The third-order valence-electron chi connectivity index (χ3n) is 4.56. The highest BCUT2D eigenvalue weighted by atomic mass is 32.1. The smallest absolute Gasteiger partial charge is 0.413 e. The van der Waals surface area contributed by atoms with Crippen LogP contribution in [0.3, 0.4) is 0 Å². The van der Waals surface area contributed by atoms with E-state index in [1.54, 1.807) is 0 Å². The molecule has 1 aromatic carbocycles. The topological polar surface area (TPSA) is 84.5 Å². The molecule has 2 aromatic rings. The number of amides is 3. The molecule has 0 saturated carbocycles. The number of ether oxygens (including phenoxy) is 1. The average Bonchev–Trinajstić information content (AvgIpc) is 2.98. The van der Waals surface area contributed by atoms with Gasteiger partial charge in [0.25, 0.3) is 11.8 Å². The van der Waals surface area contributed by atoms with Crippen molar-refractivity contribution in [2.45, 2.75) is 26.2 Å². The van der Waals surface area contributed by atoms with Gasteiger partial charge in [-0.1, -0.05) is 13.0 Å². The largest absolute Gasteiger partial charge is 0.453 e. The van der Waals surface area contributed by atoms with Crippen LogP contribution in [0, 0.1) is 17.6 Å². The van der Waals surface area contributed by atoms with Gasteiger partial charge in [0.15, 0.2) is 0 Å². The molecule has 0 fully saturated rings. The van der Waals surface area contributed by atoms with Crippen LogP contribution in [0.1, 0.15) is 44.5 Å². The number of thiophene rings is 1. The summed E-state index contributed by atoms with van der Waals surface area (Å²) in [7, 11) is 1.12. The second kappa shape index (κ2) is 8.05. The molecular weight excluding hydrogens is 390 g/mol. The number of halogens is 2. The minimum Gasteiger partial charge on any atom is -0.453 e. The Morgan fingerprint density at radius 1 is 1.14 bits per heavy atom. The molecule has 28 heavy (non-hydrogen) atoms. The molecule has 1 atom stereocenters. The second-order valence-corrected chi connectivity index (χ2v) is 7.66. The number of hydrogen-bond acceptors (Lipinski definition) is 5. The molecule has 6 nitrogen and oxygen atoms in total. The maximum Gasteiger partial charge on any atom is 0.413 e. The molecule has 0 radical (unpaired) electrons. The summed E-state index contributed by atoms with van der Waals surface area (Å²) < 4.78 is 32.3. The van der Waals surface area contributed by atoms with E-state index in [0.29, 0.717) is 18.8 Å². The maximum absolute atomic E-state index is 13.9. The summed E-state index contributed by atoms with van der Waals surface area (Å²) in [6.45, 7) is 2.07. The minimum atomic E-state index is -1.01. The second-order valence-electron chi connectivity index (χ2n) is 6.55. The van der Waals surface area contributed by atoms with E-state index >= 15 is 0 Å². The van der Waals surface area contributed by atoms with Crippen LogP contribution in [0.2, 0.25) is 0 Å². The maximum atomic E-state index is 13.9. The number of benzene rings is 1. The Hall–Kier alpha value is -2.81. The van der Waals surface area contributed by atoms with Crippen molar-refractivity contribution in [2.75, 3.05) is 12.4 Å². The number of imide groups is 1. The third-order valence-corrected chi connectivity index (χ3v) is 5.73. The molecule has 1 aliphatic carbocycles. The van der Waals surface area contributed by atoms with Gasteiger partial charge in [0.2, 0.25) is 0 Å². The van der Waals surface area contributed by atoms with Crippen LogP contribution in [0.5, 0.6) is 0 Å². The highest BCUT2D eigenvalue weighted by Gasteiger charge is 2.30. The summed E-state index contributed by atoms with van der Waals surface area (Å²) in [6, 6.07) is 3.11. The molecule has 0 bridgehead atoms. The summed E-state index contributed by atoms with van der Waals surface area (Å²) in [5.74, 6) is -3.35. The van der Waals surface area contributed by atoms with Gasteiger partial charge in [0.05, 0.1) is 12.7 Å². The van der Waals surface area contributed by atoms with Crippen molar-refractivity contribution in [3.63, 3.8) is 0 Å². The first kappa shape index (κ1) is 19.9. The lowest BCUT2D eigenvalue weighted by atomic mass is 9.88. The van der Waals surface area contributed by atoms with Gasteiger partial charge < -0.3 is 10.1 Å². The zero-order valence-electron chi connectivity index (χ0n) is 15.2. The lowest BCUT2D eigenvalue weighted by molar-refractivity contribution is 0.0937. The highest BCUT2D eigenvalue weighted by Crippen LogP contribution is 2.40. The van der Waals surface area contributed by atoms with Gasteiger partial charge in [-0.25, -0.2) is 13.6 Å². The predicted octanol–water partition coefficient (Wildman–Crippen LogP) is 3.90. The fourth-order valence-corrected chi connectivity index (χ4v) is 4.57. The van der Waals surface area contributed by atoms with Gasteiger partial charge >= 0.3 is 6.09 Å². The fraction of sp³-hybridized carbons (Fsp3) is 0.316. The first-order valence-corrected chi connectivity index (χ1v) is 9.42. The van der Waals surface area contributed by atoms with Gasteiger partial charge in [-0.05, 0) is 42.9 Å². The van der Waals surface area contributed by atoms with Crippen LogP contribution in [-0.4, -0.2) is 25.0 Å². The van der Waals surface area contributed by atoms with Crippen molar-refractivity contribution in [2.24, 2.45) is 5.92 Å². The van der Waals surface area contributed by atoms with E-state index < -0.39 is 35.1 Å². The van der Waals surface area contributed by atoms with Gasteiger partial charge in [0, 0.05) is 4.88 Å². The Bertz CT molecular complexity index is 937. The number of rotatable bonds is 3. The normalized spacial score (nSPS) is 15.5. The minimum absolute atomic E-state index is 0.127. The molecule has 0 spiro atoms. The molecule has 9 heteroatoms. The van der Waals surface area contributed by atoms with Crippen LogP contribution in [0.15, 0.2) is 18.2 Å². The Kier molecular flexibility index (Phi) is 5.73. The van der Waals surface area contributed by atoms with Gasteiger partial charge in [-0.15, -0.1) is 11.3 Å². The van der Waals surface area contributed by atoms with Crippen LogP contribution in [0.25, 0.3) is 0 Å². The van der Waals surface area contributed by atoms with E-state index in [1.165, 1.54) is 11.3 Å². The van der Waals surface area contributed by atoms with E-state index in [0.717, 1.165) is 42.2 Å². The van der Waals surface area contributed by atoms with Crippen molar-refractivity contribution >= 4 is 34.2 Å². The summed E-state index contributed by atoms with van der Waals surface area (Å²) in [4.78, 5) is 37.4. The van der Waals surface area contributed by atoms with Gasteiger partial charge in [-0.2, -0.15) is 0 Å². The van der Waals surface area contributed by atoms with Crippen molar-refractivity contribution in [3.05, 3.63) is 51.4 Å². The molecule has 3 rings (SSSR count). The summed E-state index contributed by atoms with van der Waals surface area (Å²) in [6.07, 6.45) is 1.22. The molecule has 0 saturated heterocycles. The third kappa shape index (κ3) is 3.89. The standard InChI is InChI=1S/C19H18F2N2O4S/c1-9-6-7-10-13(8-9)28-18(14(10)16(24)23-19(26)27-2)22-17(25)15-11(20)4-3-5-12(15)21/h3-5,9H,6-8H2,1-2H3,(H,22,25)(H,23,24,26)/t9-/m0/s1. The van der Waals surface area contributed by atoms with Crippen molar-refractivity contribution in [1.29, 1.82) is 0 Å². The lowest BCUT2D eigenvalue weighted by Crippen LogP contribution is -2.31. The number of alkyl carbamates (subject to hydrolysis) is 1. The SMILES string of the molecule is COC(=O)NC(=O)c1c(NC(=O)c2c(F)cccc2F)sc2c1CC[C@H](C)C2. The van der Waals surface area contributed by atoms with Crippen molar-refractivity contribution in [1.82, 2.24) is 5.32 Å². The number of fused-ring (bicyclic) bond motifs is 1. The Morgan fingerprint density at radius 3 is 2.46 bits per heavy atom. The van der Waals surface area contributed by atoms with Crippen molar-refractivity contribution < 1.29 is 27.9 Å². The van der Waals surface area contributed by atoms with Crippen molar-refractivity contribution in [3.8, 4) is 0 Å². The van der Waals surface area contributed by atoms with E-state index in [9.17, 15) is 23.2 Å². The van der Waals surface area contributed by atoms with Gasteiger partial charge in [-0.3, -0.25) is 14.9 Å². The number of methoxy groups -OCH3 is 1. The number of nitrogens with one attached hydrogen (secondary N) is 2. The molecule has 0 aliphatic heterocycles. The quantitative estimate of drug-likeness (QED) is 0.807. The Labute approximate surface area is 163 Å². The number of hydrogen-bond donors (Lipinski definition) is 2. The van der Waals surface area contributed by atoms with Gasteiger partial charge in [0.1, 0.15) is 22.2 Å². The van der Waals surface area contributed by atoms with Crippen LogP contribution < -0.4 is 10.6 Å². The van der Waals surface area contributed by atoms with E-state index in [-0.39, 0.29) is 10.6 Å². The monoisotopic (exact) mass is 408 g/mol. The predicted molar refractivity (Wildman–Crippen MR) is 99.7 cm³/mol. The first-order valence-electron chi connectivity index (χ1n) is 8.61. The first-order chi connectivity index (χ1) is 13.3. The van der Waals surface area contributed by atoms with E-state index in [4.69, 9.17) is 0 Å². The Balaban J connectivity index is 1.99. The lowest BCUT2D eigenvalue weighted by Gasteiger charge is -2.18.